The van der Waals surface area contributed by atoms with Crippen molar-refractivity contribution in [1.82, 2.24) is 5.09 Å². The summed E-state index contributed by atoms with van der Waals surface area (Å²) in [5, 5.41) is 10.4. The first-order chi connectivity index (χ1) is 3.56. The fraction of sp³-hybridized carbons (Fsp3) is 1.00. The van der Waals surface area contributed by atoms with Crippen LogP contribution in [0.1, 0.15) is 0 Å². The van der Waals surface area contributed by atoms with Crippen LogP contribution in [0.3, 0.4) is 0 Å². The number of hydrogen-bond acceptors (Lipinski definition) is 2. The lowest BCUT2D eigenvalue weighted by molar-refractivity contribution is 0.901. The van der Waals surface area contributed by atoms with Crippen molar-refractivity contribution in [3.8, 4) is 0 Å². The van der Waals surface area contributed by atoms with E-state index in [1.54, 1.807) is 0 Å². The van der Waals surface area contributed by atoms with Crippen molar-refractivity contribution in [2.24, 2.45) is 5.73 Å². The molecule has 0 rings (SSSR count). The van der Waals surface area contributed by atoms with Gasteiger partial charge in [-0.05, 0) is 13.3 Å². The van der Waals surface area contributed by atoms with Gasteiger partial charge >= 0.3 is 0 Å². The summed E-state index contributed by atoms with van der Waals surface area (Å²) >= 11 is 0. The summed E-state index contributed by atoms with van der Waals surface area (Å²) in [6, 6.07) is 0. The van der Waals surface area contributed by atoms with E-state index in [-0.39, 0.29) is 0 Å². The minimum atomic E-state index is -1.51. The molecule has 0 spiro atoms. The third kappa shape index (κ3) is 6.15. The maximum Gasteiger partial charge on any atom is 0.0203 e. The van der Waals surface area contributed by atoms with E-state index in [9.17, 15) is 0 Å². The van der Waals surface area contributed by atoms with E-state index in [4.69, 9.17) is 10.9 Å². The van der Waals surface area contributed by atoms with Crippen molar-refractivity contribution in [3.05, 3.63) is 0 Å². The van der Waals surface area contributed by atoms with E-state index in [1.165, 1.54) is 0 Å². The molecule has 0 aromatic heterocycles. The molecule has 4 heteroatoms. The average Bonchev–Trinajstić information content (AvgIpc) is 1.59. The highest BCUT2D eigenvalue weighted by Gasteiger charge is 1.95. The molecule has 0 unspecified atom stereocenters. The van der Waals surface area contributed by atoms with Crippen LogP contribution in [0.2, 0.25) is 0 Å². The molecule has 0 amide bonds. The fourth-order valence-corrected chi connectivity index (χ4v) is 1.03. The first kappa shape index (κ1) is 8.15. The zero-order valence-electron chi connectivity index (χ0n) is 5.44. The number of nitrogens with two attached hydrogens (primary N) is 1. The van der Waals surface area contributed by atoms with E-state index in [0.717, 1.165) is 6.54 Å². The number of hydrogen-bond donors (Lipinski definition) is 3. The van der Waals surface area contributed by atoms with Crippen molar-refractivity contribution in [3.63, 3.8) is 0 Å². The highest BCUT2D eigenvalue weighted by Crippen LogP contribution is 2.29. The quantitative estimate of drug-likeness (QED) is 0.493. The Labute approximate surface area is 50.6 Å². The largest absolute Gasteiger partial charge is 0.329 e. The van der Waals surface area contributed by atoms with Gasteiger partial charge in [-0.1, -0.05) is 0 Å². The molecule has 4 N–H and O–H groups in total. The van der Waals surface area contributed by atoms with Gasteiger partial charge in [0.2, 0.25) is 0 Å². The monoisotopic (exact) mass is 135 g/mol. The Balaban J connectivity index is 3.26. The lowest BCUT2D eigenvalue weighted by atomic mass is 10.7. The molecular weight excluding hydrogens is 121 g/mol. The SMILES string of the molecule is CP(C)(=N)NCCN. The first-order valence-electron chi connectivity index (χ1n) is 2.60. The molecule has 0 aliphatic heterocycles. The van der Waals surface area contributed by atoms with Crippen LogP contribution >= 0.6 is 7.21 Å². The fourth-order valence-electron chi connectivity index (χ4n) is 0.344. The molecule has 0 aliphatic rings. The summed E-state index contributed by atoms with van der Waals surface area (Å²) in [6.07, 6.45) is 0. The Morgan fingerprint density at radius 3 is 2.25 bits per heavy atom. The molecule has 0 aromatic carbocycles. The molecule has 0 saturated heterocycles. The highest BCUT2D eigenvalue weighted by molar-refractivity contribution is 7.61. The number of rotatable bonds is 3. The van der Waals surface area contributed by atoms with Crippen molar-refractivity contribution < 1.29 is 0 Å². The van der Waals surface area contributed by atoms with Gasteiger partial charge in [0.1, 0.15) is 0 Å². The van der Waals surface area contributed by atoms with Crippen LogP contribution < -0.4 is 10.8 Å². The molecule has 0 bridgehead atoms. The summed E-state index contributed by atoms with van der Waals surface area (Å²) < 4.78 is 0. The second-order valence-electron chi connectivity index (χ2n) is 2.15. The Morgan fingerprint density at radius 1 is 1.62 bits per heavy atom. The molecule has 0 aromatic rings. The van der Waals surface area contributed by atoms with Crippen LogP contribution in [0, 0.1) is 5.16 Å². The van der Waals surface area contributed by atoms with Gasteiger partial charge in [0.05, 0.1) is 0 Å². The molecule has 0 radical (unpaired) electrons. The van der Waals surface area contributed by atoms with Crippen LogP contribution in [0.5, 0.6) is 0 Å². The van der Waals surface area contributed by atoms with Crippen LogP contribution in [0.25, 0.3) is 0 Å². The van der Waals surface area contributed by atoms with E-state index >= 15 is 0 Å². The second-order valence-corrected chi connectivity index (χ2v) is 5.37. The van der Waals surface area contributed by atoms with Gasteiger partial charge in [0, 0.05) is 20.3 Å². The summed E-state index contributed by atoms with van der Waals surface area (Å²) in [7, 11) is -1.51. The first-order valence-corrected chi connectivity index (χ1v) is 5.29. The van der Waals surface area contributed by atoms with Crippen LogP contribution in [0.4, 0.5) is 0 Å². The molecule has 3 nitrogen and oxygen atoms in total. The van der Waals surface area contributed by atoms with E-state index in [1.807, 2.05) is 13.3 Å². The molecule has 0 atom stereocenters. The average molecular weight is 135 g/mol. The molecule has 8 heavy (non-hydrogen) atoms. The zero-order chi connectivity index (χ0) is 6.62. The van der Waals surface area contributed by atoms with Crippen molar-refractivity contribution in [2.75, 3.05) is 26.4 Å². The topological polar surface area (TPSA) is 61.9 Å². The predicted molar refractivity (Wildman–Crippen MR) is 38.5 cm³/mol. The van der Waals surface area contributed by atoms with Gasteiger partial charge in [-0.15, -0.1) is 0 Å². The van der Waals surface area contributed by atoms with E-state index in [0.29, 0.717) is 6.54 Å². The Hall–Kier alpha value is 0.150. The molecule has 0 saturated carbocycles. The lowest BCUT2D eigenvalue weighted by Crippen LogP contribution is -2.18. The smallest absolute Gasteiger partial charge is 0.0203 e. The highest BCUT2D eigenvalue weighted by atomic mass is 31.2. The minimum Gasteiger partial charge on any atom is -0.329 e. The van der Waals surface area contributed by atoms with Crippen LogP contribution in [-0.2, 0) is 0 Å². The van der Waals surface area contributed by atoms with Crippen molar-refractivity contribution >= 4 is 7.21 Å². The summed E-state index contributed by atoms with van der Waals surface area (Å²) in [6.45, 7) is 5.21. The summed E-state index contributed by atoms with van der Waals surface area (Å²) in [5.41, 5.74) is 5.21. The molecule has 0 fully saturated rings. The third-order valence-corrected chi connectivity index (χ3v) is 1.67. The van der Waals surface area contributed by atoms with Crippen LogP contribution in [-0.4, -0.2) is 26.4 Å². The van der Waals surface area contributed by atoms with Gasteiger partial charge in [0.15, 0.2) is 0 Å². The third-order valence-electron chi connectivity index (χ3n) is 0.651. The molecular formula is C4H14N3P. The van der Waals surface area contributed by atoms with Gasteiger partial charge in [-0.3, -0.25) is 5.09 Å². The summed E-state index contributed by atoms with van der Waals surface area (Å²) in [5.74, 6) is 0. The normalized spacial score (nSPS) is 11.9. The van der Waals surface area contributed by atoms with E-state index in [2.05, 4.69) is 5.09 Å². The molecule has 0 heterocycles. The Kier molecular flexibility index (Phi) is 3.29. The Bertz CT molecular complexity index is 95.5. The maximum absolute atomic E-state index is 7.38. The van der Waals surface area contributed by atoms with Crippen molar-refractivity contribution in [1.29, 1.82) is 5.16 Å². The standard InChI is InChI=1S/C4H14N3P/c1-8(2,6)7-4-3-5/h3-5H2,1-2H3,(H2,6,7). The van der Waals surface area contributed by atoms with Gasteiger partial charge in [0.25, 0.3) is 0 Å². The maximum atomic E-state index is 7.38. The van der Waals surface area contributed by atoms with Gasteiger partial charge in [-0.25, -0.2) is 0 Å². The van der Waals surface area contributed by atoms with Crippen molar-refractivity contribution in [2.45, 2.75) is 0 Å². The van der Waals surface area contributed by atoms with Gasteiger partial charge in [-0.2, -0.15) is 0 Å². The van der Waals surface area contributed by atoms with E-state index < -0.39 is 7.21 Å². The zero-order valence-corrected chi connectivity index (χ0v) is 6.33. The molecule has 0 aliphatic carbocycles. The summed E-state index contributed by atoms with van der Waals surface area (Å²) in [4.78, 5) is 0. The van der Waals surface area contributed by atoms with Crippen LogP contribution in [0.15, 0.2) is 0 Å². The Morgan fingerprint density at radius 2 is 2.12 bits per heavy atom. The van der Waals surface area contributed by atoms with Gasteiger partial charge < -0.3 is 10.9 Å². The second kappa shape index (κ2) is 3.23. The minimum absolute atomic E-state index is 0.627. The number of nitrogens with one attached hydrogen (secondary N) is 2. The lowest BCUT2D eigenvalue weighted by Gasteiger charge is -2.10. The molecule has 50 valence electrons. The predicted octanol–water partition coefficient (Wildman–Crippen LogP) is 0.489.